The molecule has 2 N–H and O–H groups in total. The average molecular weight is 345 g/mol. The summed E-state index contributed by atoms with van der Waals surface area (Å²) in [5, 5.41) is 17.0. The maximum atomic E-state index is 12.2. The molecule has 134 valence electrons. The van der Waals surface area contributed by atoms with Gasteiger partial charge in [0.1, 0.15) is 0 Å². The molecule has 0 unspecified atom stereocenters. The molecule has 7 nitrogen and oxygen atoms in total. The Kier molecular flexibility index (Phi) is 5.58. The summed E-state index contributed by atoms with van der Waals surface area (Å²) in [5.74, 6) is -1.15. The number of aryl methyl sites for hydroxylation is 2. The quantitative estimate of drug-likeness (QED) is 0.775. The van der Waals surface area contributed by atoms with Crippen molar-refractivity contribution in [1.29, 1.82) is 0 Å². The number of nitrogens with zero attached hydrogens (tertiary/aromatic N) is 2. The van der Waals surface area contributed by atoms with E-state index in [1.54, 1.807) is 35.9 Å². The highest BCUT2D eigenvalue weighted by Gasteiger charge is 2.32. The fourth-order valence-electron chi connectivity index (χ4n) is 2.36. The van der Waals surface area contributed by atoms with Crippen molar-refractivity contribution in [3.63, 3.8) is 0 Å². The zero-order valence-electron chi connectivity index (χ0n) is 14.9. The Morgan fingerprint density at radius 2 is 1.92 bits per heavy atom. The molecular weight excluding hydrogens is 322 g/mol. The van der Waals surface area contributed by atoms with E-state index in [4.69, 9.17) is 4.74 Å². The number of esters is 1. The number of ether oxygens (including phenoxy) is 1. The molecule has 0 spiro atoms. The maximum absolute atomic E-state index is 12.2. The maximum Gasteiger partial charge on any atom is 0.339 e. The van der Waals surface area contributed by atoms with Gasteiger partial charge in [0.25, 0.3) is 5.91 Å². The van der Waals surface area contributed by atoms with Gasteiger partial charge in [-0.2, -0.15) is 5.10 Å². The summed E-state index contributed by atoms with van der Waals surface area (Å²) in [6.45, 7) is 6.76. The van der Waals surface area contributed by atoms with Gasteiger partial charge in [-0.25, -0.2) is 9.48 Å². The van der Waals surface area contributed by atoms with Crippen molar-refractivity contribution >= 4 is 11.9 Å². The van der Waals surface area contributed by atoms with E-state index >= 15 is 0 Å². The van der Waals surface area contributed by atoms with Crippen LogP contribution < -0.4 is 5.32 Å². The van der Waals surface area contributed by atoms with Crippen LogP contribution in [-0.2, 0) is 9.53 Å². The monoisotopic (exact) mass is 345 g/mol. The number of nitrogens with one attached hydrogen (secondary N) is 1. The second-order valence-corrected chi connectivity index (χ2v) is 6.06. The minimum atomic E-state index is -1.77. The van der Waals surface area contributed by atoms with Gasteiger partial charge in [-0.3, -0.25) is 4.79 Å². The minimum absolute atomic E-state index is 0.163. The van der Waals surface area contributed by atoms with Gasteiger partial charge in [-0.05, 0) is 58.0 Å². The van der Waals surface area contributed by atoms with Crippen molar-refractivity contribution in [3.05, 3.63) is 47.3 Å². The summed E-state index contributed by atoms with van der Waals surface area (Å²) in [7, 11) is 0. The van der Waals surface area contributed by atoms with Gasteiger partial charge in [0.15, 0.2) is 5.60 Å². The molecule has 0 aliphatic rings. The normalized spacial score (nSPS) is 13.2. The molecule has 0 aliphatic heterocycles. The molecule has 0 bridgehead atoms. The number of hydrogen-bond donors (Lipinski definition) is 2. The summed E-state index contributed by atoms with van der Waals surface area (Å²) >= 11 is 0. The smallest absolute Gasteiger partial charge is 0.339 e. The Labute approximate surface area is 146 Å². The number of hydrogen-bond acceptors (Lipinski definition) is 5. The first-order valence-electron chi connectivity index (χ1n) is 8.06. The Hall–Kier alpha value is -2.67. The largest absolute Gasteiger partial charge is 0.464 e. The van der Waals surface area contributed by atoms with E-state index in [2.05, 4.69) is 10.4 Å². The number of carbonyl (C=O) groups excluding carboxylic acids is 2. The van der Waals surface area contributed by atoms with E-state index in [0.29, 0.717) is 5.56 Å². The van der Waals surface area contributed by atoms with Crippen molar-refractivity contribution in [2.75, 3.05) is 13.2 Å². The molecule has 25 heavy (non-hydrogen) atoms. The zero-order valence-corrected chi connectivity index (χ0v) is 14.9. The third-order valence-electron chi connectivity index (χ3n) is 3.69. The Morgan fingerprint density at radius 3 is 2.44 bits per heavy atom. The molecular formula is C18H23N3O4. The van der Waals surface area contributed by atoms with E-state index in [9.17, 15) is 14.7 Å². The number of amides is 1. The van der Waals surface area contributed by atoms with Crippen LogP contribution in [0.4, 0.5) is 0 Å². The number of benzene rings is 1. The fraction of sp³-hybridized carbons (Fsp3) is 0.389. The predicted molar refractivity (Wildman–Crippen MR) is 92.6 cm³/mol. The van der Waals surface area contributed by atoms with Gasteiger partial charge in [-0.15, -0.1) is 0 Å². The lowest BCUT2D eigenvalue weighted by molar-refractivity contribution is -0.162. The van der Waals surface area contributed by atoms with Crippen molar-refractivity contribution in [3.8, 4) is 5.69 Å². The lowest BCUT2D eigenvalue weighted by atomic mass is 10.1. The SMILES string of the molecule is CCOC(=O)[C@](C)(O)CNC(=O)c1ccc(-n2nc(C)cc2C)cc1. The Balaban J connectivity index is 2.03. The summed E-state index contributed by atoms with van der Waals surface area (Å²) < 4.78 is 6.57. The third kappa shape index (κ3) is 4.45. The zero-order chi connectivity index (χ0) is 18.6. The molecule has 1 aromatic carbocycles. The minimum Gasteiger partial charge on any atom is -0.464 e. The van der Waals surface area contributed by atoms with E-state index in [0.717, 1.165) is 17.1 Å². The highest BCUT2D eigenvalue weighted by atomic mass is 16.5. The first kappa shape index (κ1) is 18.7. The molecule has 2 aromatic rings. The molecule has 1 amide bonds. The summed E-state index contributed by atoms with van der Waals surface area (Å²) in [4.78, 5) is 23.8. The van der Waals surface area contributed by atoms with Crippen molar-refractivity contribution in [1.82, 2.24) is 15.1 Å². The molecule has 0 radical (unpaired) electrons. The van der Waals surface area contributed by atoms with Crippen LogP contribution in [0.25, 0.3) is 5.69 Å². The van der Waals surface area contributed by atoms with Gasteiger partial charge in [0.05, 0.1) is 24.5 Å². The molecule has 7 heteroatoms. The molecule has 1 heterocycles. The van der Waals surface area contributed by atoms with Crippen molar-refractivity contribution < 1.29 is 19.4 Å². The predicted octanol–water partition coefficient (Wildman–Crippen LogP) is 1.53. The summed E-state index contributed by atoms with van der Waals surface area (Å²) in [6, 6.07) is 8.88. The van der Waals surface area contributed by atoms with Crippen LogP contribution in [0, 0.1) is 13.8 Å². The van der Waals surface area contributed by atoms with Crippen LogP contribution >= 0.6 is 0 Å². The molecule has 1 aromatic heterocycles. The number of carbonyl (C=O) groups is 2. The van der Waals surface area contributed by atoms with E-state index in [1.165, 1.54) is 6.92 Å². The second kappa shape index (κ2) is 7.48. The van der Waals surface area contributed by atoms with E-state index in [-0.39, 0.29) is 19.1 Å². The van der Waals surface area contributed by atoms with Crippen LogP contribution in [0.15, 0.2) is 30.3 Å². The van der Waals surface area contributed by atoms with E-state index < -0.39 is 11.6 Å². The van der Waals surface area contributed by atoms with Crippen molar-refractivity contribution in [2.24, 2.45) is 0 Å². The highest BCUT2D eigenvalue weighted by Crippen LogP contribution is 2.13. The molecule has 0 saturated carbocycles. The van der Waals surface area contributed by atoms with Gasteiger partial charge < -0.3 is 15.2 Å². The van der Waals surface area contributed by atoms with Crippen LogP contribution in [0.3, 0.4) is 0 Å². The Bertz CT molecular complexity index is 763. The lowest BCUT2D eigenvalue weighted by Crippen LogP contribution is -2.47. The fourth-order valence-corrected chi connectivity index (χ4v) is 2.36. The average Bonchev–Trinajstić information content (AvgIpc) is 2.91. The Morgan fingerprint density at radius 1 is 1.28 bits per heavy atom. The highest BCUT2D eigenvalue weighted by molar-refractivity contribution is 5.94. The van der Waals surface area contributed by atoms with E-state index in [1.807, 2.05) is 19.9 Å². The van der Waals surface area contributed by atoms with Gasteiger partial charge in [0.2, 0.25) is 0 Å². The number of aliphatic hydroxyl groups is 1. The second-order valence-electron chi connectivity index (χ2n) is 6.06. The number of rotatable bonds is 6. The standard InChI is InChI=1S/C18H23N3O4/c1-5-25-17(23)18(4,24)11-19-16(22)14-6-8-15(9-7-14)21-13(3)10-12(2)20-21/h6-10,24H,5,11H2,1-4H3,(H,19,22)/t18-/m1/s1. The summed E-state index contributed by atoms with van der Waals surface area (Å²) in [6.07, 6.45) is 0. The lowest BCUT2D eigenvalue weighted by Gasteiger charge is -2.21. The summed E-state index contributed by atoms with van der Waals surface area (Å²) in [5.41, 5.74) is 1.42. The molecule has 0 aliphatic carbocycles. The first-order chi connectivity index (χ1) is 11.7. The topological polar surface area (TPSA) is 93.5 Å². The third-order valence-corrected chi connectivity index (χ3v) is 3.69. The van der Waals surface area contributed by atoms with Gasteiger partial charge in [-0.1, -0.05) is 0 Å². The molecule has 2 rings (SSSR count). The van der Waals surface area contributed by atoms with Crippen LogP contribution in [-0.4, -0.2) is 45.5 Å². The van der Waals surface area contributed by atoms with Crippen LogP contribution in [0.2, 0.25) is 0 Å². The molecule has 0 fully saturated rings. The van der Waals surface area contributed by atoms with Crippen LogP contribution in [0.1, 0.15) is 35.6 Å². The molecule has 0 saturated heterocycles. The molecule has 1 atom stereocenters. The first-order valence-corrected chi connectivity index (χ1v) is 8.06. The number of aromatic nitrogens is 2. The van der Waals surface area contributed by atoms with Gasteiger partial charge in [0, 0.05) is 11.3 Å². The van der Waals surface area contributed by atoms with Crippen molar-refractivity contribution in [2.45, 2.75) is 33.3 Å². The van der Waals surface area contributed by atoms with Crippen LogP contribution in [0.5, 0.6) is 0 Å². The van der Waals surface area contributed by atoms with Gasteiger partial charge >= 0.3 is 5.97 Å².